The van der Waals surface area contributed by atoms with Crippen LogP contribution in [0.2, 0.25) is 10.0 Å². The number of rotatable bonds is 5. The van der Waals surface area contributed by atoms with E-state index in [1.54, 1.807) is 11.0 Å². The molecule has 0 spiro atoms. The molecule has 1 aliphatic carbocycles. The molecule has 1 aromatic carbocycles. The van der Waals surface area contributed by atoms with Gasteiger partial charge in [0.1, 0.15) is 4.90 Å². The van der Waals surface area contributed by atoms with Crippen LogP contribution in [0.5, 0.6) is 0 Å². The molecule has 0 radical (unpaired) electrons. The Kier molecular flexibility index (Phi) is 6.27. The zero-order chi connectivity index (χ0) is 19.6. The molecule has 0 unspecified atom stereocenters. The molecule has 11 heteroatoms. The number of carbonyl (C=O) groups is 2. The van der Waals surface area contributed by atoms with Gasteiger partial charge in [-0.05, 0) is 25.0 Å². The highest BCUT2D eigenvalue weighted by atomic mass is 35.5. The molecule has 0 bridgehead atoms. The number of urea groups is 1. The lowest BCUT2D eigenvalue weighted by Crippen LogP contribution is -2.52. The van der Waals surface area contributed by atoms with E-state index in [0.717, 1.165) is 12.8 Å². The molecule has 0 aromatic heterocycles. The number of halogens is 2. The van der Waals surface area contributed by atoms with Crippen molar-refractivity contribution in [3.05, 3.63) is 28.2 Å². The van der Waals surface area contributed by atoms with E-state index in [1.165, 1.54) is 16.4 Å². The quantitative estimate of drug-likeness (QED) is 0.727. The molecule has 1 saturated heterocycles. The smallest absolute Gasteiger partial charge is 0.321 e. The minimum absolute atomic E-state index is 0.0266. The van der Waals surface area contributed by atoms with Crippen LogP contribution in [0.1, 0.15) is 12.8 Å². The number of carbonyl (C=O) groups excluding carboxylic acids is 2. The summed E-state index contributed by atoms with van der Waals surface area (Å²) in [4.78, 5) is 25.2. The third-order valence-corrected chi connectivity index (χ3v) is 7.24. The van der Waals surface area contributed by atoms with E-state index in [2.05, 4.69) is 10.6 Å². The third-order valence-electron chi connectivity index (χ3n) is 4.38. The Balaban J connectivity index is 1.53. The molecule has 27 heavy (non-hydrogen) atoms. The Labute approximate surface area is 167 Å². The Hall–Kier alpha value is -1.39. The van der Waals surface area contributed by atoms with Gasteiger partial charge in [0.05, 0.1) is 16.6 Å². The molecule has 1 saturated carbocycles. The highest BCUT2D eigenvalue weighted by Crippen LogP contribution is 2.31. The Bertz CT molecular complexity index is 817. The summed E-state index contributed by atoms with van der Waals surface area (Å²) in [6.45, 7) is 1.15. The zero-order valence-corrected chi connectivity index (χ0v) is 16.8. The van der Waals surface area contributed by atoms with E-state index >= 15 is 0 Å². The second kappa shape index (κ2) is 8.32. The van der Waals surface area contributed by atoms with Crippen molar-refractivity contribution in [3.63, 3.8) is 0 Å². The van der Waals surface area contributed by atoms with Crippen LogP contribution < -0.4 is 10.6 Å². The summed E-state index contributed by atoms with van der Waals surface area (Å²) in [6, 6.07) is 4.22. The number of nitrogens with one attached hydrogen (secondary N) is 2. The van der Waals surface area contributed by atoms with Crippen LogP contribution in [0.3, 0.4) is 0 Å². The second-order valence-corrected chi connectivity index (χ2v) is 9.22. The van der Waals surface area contributed by atoms with Gasteiger partial charge in [-0.2, -0.15) is 4.31 Å². The zero-order valence-electron chi connectivity index (χ0n) is 14.5. The number of imide groups is 1. The van der Waals surface area contributed by atoms with E-state index in [0.29, 0.717) is 13.1 Å². The van der Waals surface area contributed by atoms with E-state index in [-0.39, 0.29) is 40.6 Å². The highest BCUT2D eigenvalue weighted by molar-refractivity contribution is 7.89. The maximum Gasteiger partial charge on any atom is 0.321 e. The summed E-state index contributed by atoms with van der Waals surface area (Å²) in [7, 11) is -3.82. The number of nitrogens with zero attached hydrogens (tertiary/aromatic N) is 2. The fourth-order valence-electron chi connectivity index (χ4n) is 2.80. The largest absolute Gasteiger partial charge is 0.335 e. The van der Waals surface area contributed by atoms with Gasteiger partial charge in [0.25, 0.3) is 0 Å². The molecular formula is C16H20Cl2N4O4S. The average Bonchev–Trinajstić information content (AvgIpc) is 3.38. The van der Waals surface area contributed by atoms with Crippen LogP contribution in [0.4, 0.5) is 4.79 Å². The summed E-state index contributed by atoms with van der Waals surface area (Å²) in [5.41, 5.74) is 0. The van der Waals surface area contributed by atoms with Crippen LogP contribution in [-0.4, -0.2) is 68.3 Å². The standard InChI is InChI=1S/C16H20Cl2N4O4S/c17-12-2-1-3-13(18)15(12)27(25,26)22-8-6-21(7-9-22)10-14(23)20-16(24)19-11-4-5-11/h1-3,11H,4-10H2,(H2,19,20,23,24). The van der Waals surface area contributed by atoms with Gasteiger partial charge < -0.3 is 5.32 Å². The first-order valence-electron chi connectivity index (χ1n) is 8.54. The number of sulfonamides is 1. The monoisotopic (exact) mass is 434 g/mol. The molecule has 148 valence electrons. The van der Waals surface area contributed by atoms with Crippen molar-refractivity contribution in [2.24, 2.45) is 0 Å². The van der Waals surface area contributed by atoms with Gasteiger partial charge in [-0.1, -0.05) is 29.3 Å². The number of amides is 3. The predicted octanol–water partition coefficient (Wildman–Crippen LogP) is 1.29. The van der Waals surface area contributed by atoms with Gasteiger partial charge in [0, 0.05) is 32.2 Å². The lowest BCUT2D eigenvalue weighted by Gasteiger charge is -2.33. The van der Waals surface area contributed by atoms with Crippen LogP contribution in [0.15, 0.2) is 23.1 Å². The molecule has 2 N–H and O–H groups in total. The van der Waals surface area contributed by atoms with Crippen LogP contribution in [0.25, 0.3) is 0 Å². The first-order valence-corrected chi connectivity index (χ1v) is 10.7. The Morgan fingerprint density at radius 2 is 1.67 bits per heavy atom. The molecule has 2 fully saturated rings. The number of hydrogen-bond acceptors (Lipinski definition) is 5. The van der Waals surface area contributed by atoms with Crippen molar-refractivity contribution in [1.82, 2.24) is 19.8 Å². The predicted molar refractivity (Wildman–Crippen MR) is 101 cm³/mol. The molecule has 1 aromatic rings. The SMILES string of the molecule is O=C(CN1CCN(S(=O)(=O)c2c(Cl)cccc2Cl)CC1)NC(=O)NC1CC1. The van der Waals surface area contributed by atoms with Gasteiger partial charge in [-0.25, -0.2) is 13.2 Å². The van der Waals surface area contributed by atoms with Crippen molar-refractivity contribution in [1.29, 1.82) is 0 Å². The molecule has 8 nitrogen and oxygen atoms in total. The second-order valence-electron chi connectivity index (χ2n) is 6.53. The fraction of sp³-hybridized carbons (Fsp3) is 0.500. The van der Waals surface area contributed by atoms with E-state index in [9.17, 15) is 18.0 Å². The summed E-state index contributed by atoms with van der Waals surface area (Å²) in [5.74, 6) is -0.418. The third kappa shape index (κ3) is 5.11. The van der Waals surface area contributed by atoms with Gasteiger partial charge >= 0.3 is 6.03 Å². The topological polar surface area (TPSA) is 98.8 Å². The Morgan fingerprint density at radius 1 is 1.07 bits per heavy atom. The van der Waals surface area contributed by atoms with E-state index in [4.69, 9.17) is 23.2 Å². The normalized spacial score (nSPS) is 18.9. The van der Waals surface area contributed by atoms with Gasteiger partial charge in [0.2, 0.25) is 15.9 Å². The van der Waals surface area contributed by atoms with Crippen LogP contribution >= 0.6 is 23.2 Å². The van der Waals surface area contributed by atoms with Crippen molar-refractivity contribution in [2.45, 2.75) is 23.8 Å². The van der Waals surface area contributed by atoms with Crippen LogP contribution in [-0.2, 0) is 14.8 Å². The number of piperazine rings is 1. The summed E-state index contributed by atoms with van der Waals surface area (Å²) in [5, 5.41) is 5.11. The summed E-state index contributed by atoms with van der Waals surface area (Å²) >= 11 is 12.1. The number of benzene rings is 1. The minimum Gasteiger partial charge on any atom is -0.335 e. The van der Waals surface area contributed by atoms with Gasteiger partial charge in [-0.15, -0.1) is 0 Å². The van der Waals surface area contributed by atoms with E-state index < -0.39 is 22.0 Å². The first kappa shape index (κ1) is 20.3. The maximum atomic E-state index is 12.8. The van der Waals surface area contributed by atoms with Crippen molar-refractivity contribution in [3.8, 4) is 0 Å². The van der Waals surface area contributed by atoms with Crippen molar-refractivity contribution < 1.29 is 18.0 Å². The molecule has 1 heterocycles. The van der Waals surface area contributed by atoms with Crippen molar-refractivity contribution in [2.75, 3.05) is 32.7 Å². The van der Waals surface area contributed by atoms with E-state index in [1.807, 2.05) is 0 Å². The van der Waals surface area contributed by atoms with Gasteiger partial charge in [-0.3, -0.25) is 15.0 Å². The number of hydrogen-bond donors (Lipinski definition) is 2. The molecule has 3 amide bonds. The lowest BCUT2D eigenvalue weighted by molar-refractivity contribution is -0.121. The summed E-state index contributed by atoms with van der Waals surface area (Å²) < 4.78 is 26.9. The lowest BCUT2D eigenvalue weighted by atomic mass is 10.3. The first-order chi connectivity index (χ1) is 12.8. The molecule has 1 aliphatic heterocycles. The Morgan fingerprint density at radius 3 is 2.22 bits per heavy atom. The molecule has 0 atom stereocenters. The fourth-order valence-corrected chi connectivity index (χ4v) is 5.32. The summed E-state index contributed by atoms with van der Waals surface area (Å²) in [6.07, 6.45) is 1.88. The highest BCUT2D eigenvalue weighted by Gasteiger charge is 2.32. The van der Waals surface area contributed by atoms with Crippen molar-refractivity contribution >= 4 is 45.2 Å². The molecule has 3 rings (SSSR count). The molecular weight excluding hydrogens is 415 g/mol. The van der Waals surface area contributed by atoms with Gasteiger partial charge in [0.15, 0.2) is 0 Å². The maximum absolute atomic E-state index is 12.8. The van der Waals surface area contributed by atoms with Crippen LogP contribution in [0, 0.1) is 0 Å². The molecule has 2 aliphatic rings. The average molecular weight is 435 g/mol. The minimum atomic E-state index is -3.82.